The molecule has 1 atom stereocenters. The first kappa shape index (κ1) is 14.4. The maximum absolute atomic E-state index is 9.81. The Kier molecular flexibility index (Phi) is 5.69. The molecule has 2 rings (SSSR count). The molecule has 19 heavy (non-hydrogen) atoms. The molecule has 0 amide bonds. The van der Waals surface area contributed by atoms with E-state index in [1.54, 1.807) is 12.4 Å². The molecule has 0 aliphatic heterocycles. The van der Waals surface area contributed by atoms with Crippen molar-refractivity contribution in [2.24, 2.45) is 0 Å². The molecule has 106 valence electrons. The smallest absolute Gasteiger partial charge is 0.0897 e. The van der Waals surface area contributed by atoms with E-state index in [9.17, 15) is 5.11 Å². The average Bonchev–Trinajstić information content (AvgIpc) is 2.92. The molecule has 1 aliphatic carbocycles. The molecule has 1 unspecified atom stereocenters. The molecule has 1 heterocycles. The number of aliphatic hydroxyl groups excluding tert-OH is 1. The van der Waals surface area contributed by atoms with Gasteiger partial charge in [0.05, 0.1) is 30.2 Å². The Morgan fingerprint density at radius 1 is 1.37 bits per heavy atom. The maximum atomic E-state index is 9.81. The summed E-state index contributed by atoms with van der Waals surface area (Å²) in [7, 11) is 0. The molecule has 0 bridgehead atoms. The second-order valence-corrected chi connectivity index (χ2v) is 5.17. The number of aliphatic hydroxyl groups is 1. The standard InChI is InChI=1S/C14H23N3O2/c1-11-6-17-12(8-16-11)7-15-9-13(18)10-19-14-4-2-3-5-14/h6,8,13-15,18H,2-5,7,9-10H2,1H3. The number of nitrogens with zero attached hydrogens (tertiary/aromatic N) is 2. The van der Waals surface area contributed by atoms with Crippen LogP contribution in [0.25, 0.3) is 0 Å². The van der Waals surface area contributed by atoms with E-state index in [-0.39, 0.29) is 0 Å². The van der Waals surface area contributed by atoms with Crippen LogP contribution in [0.1, 0.15) is 37.1 Å². The van der Waals surface area contributed by atoms with Crippen molar-refractivity contribution < 1.29 is 9.84 Å². The summed E-state index contributed by atoms with van der Waals surface area (Å²) in [6.07, 6.45) is 8.19. The first-order chi connectivity index (χ1) is 9.24. The summed E-state index contributed by atoms with van der Waals surface area (Å²) in [6, 6.07) is 0. The van der Waals surface area contributed by atoms with E-state index in [2.05, 4.69) is 15.3 Å². The van der Waals surface area contributed by atoms with Crippen molar-refractivity contribution in [3.63, 3.8) is 0 Å². The Bertz CT molecular complexity index is 363. The third-order valence-corrected chi connectivity index (χ3v) is 3.35. The third-order valence-electron chi connectivity index (χ3n) is 3.35. The average molecular weight is 265 g/mol. The number of nitrogens with one attached hydrogen (secondary N) is 1. The van der Waals surface area contributed by atoms with Gasteiger partial charge in [-0.05, 0) is 19.8 Å². The number of aromatic nitrogens is 2. The van der Waals surface area contributed by atoms with Crippen LogP contribution >= 0.6 is 0 Å². The Labute approximate surface area is 114 Å². The Balaban J connectivity index is 1.58. The molecule has 1 saturated carbocycles. The molecule has 2 N–H and O–H groups in total. The molecule has 0 aromatic carbocycles. The lowest BCUT2D eigenvalue weighted by Gasteiger charge is -2.15. The van der Waals surface area contributed by atoms with E-state index in [0.717, 1.165) is 24.2 Å². The molecule has 1 aromatic rings. The molecule has 0 spiro atoms. The van der Waals surface area contributed by atoms with Gasteiger partial charge in [-0.25, -0.2) is 0 Å². The highest BCUT2D eigenvalue weighted by Gasteiger charge is 2.16. The van der Waals surface area contributed by atoms with Gasteiger partial charge in [-0.1, -0.05) is 12.8 Å². The van der Waals surface area contributed by atoms with Crippen LogP contribution in [0, 0.1) is 6.92 Å². The van der Waals surface area contributed by atoms with Gasteiger partial charge in [-0.2, -0.15) is 0 Å². The van der Waals surface area contributed by atoms with Crippen LogP contribution in [0.2, 0.25) is 0 Å². The molecular formula is C14H23N3O2. The molecule has 1 aromatic heterocycles. The Morgan fingerprint density at radius 2 is 2.16 bits per heavy atom. The molecular weight excluding hydrogens is 242 g/mol. The summed E-state index contributed by atoms with van der Waals surface area (Å²) in [5, 5.41) is 13.0. The lowest BCUT2D eigenvalue weighted by atomic mass is 10.3. The zero-order valence-electron chi connectivity index (χ0n) is 11.5. The highest BCUT2D eigenvalue weighted by atomic mass is 16.5. The van der Waals surface area contributed by atoms with Crippen molar-refractivity contribution in [3.05, 3.63) is 23.8 Å². The zero-order chi connectivity index (χ0) is 13.5. The van der Waals surface area contributed by atoms with Gasteiger partial charge >= 0.3 is 0 Å². The van der Waals surface area contributed by atoms with E-state index in [0.29, 0.717) is 25.8 Å². The van der Waals surface area contributed by atoms with Crippen molar-refractivity contribution in [3.8, 4) is 0 Å². The minimum absolute atomic E-state index is 0.359. The van der Waals surface area contributed by atoms with E-state index >= 15 is 0 Å². The Hall–Kier alpha value is -1.04. The third kappa shape index (κ3) is 5.22. The SMILES string of the molecule is Cc1cnc(CNCC(O)COC2CCCC2)cn1. The summed E-state index contributed by atoms with van der Waals surface area (Å²) in [6.45, 7) is 3.46. The van der Waals surface area contributed by atoms with E-state index in [1.807, 2.05) is 6.92 Å². The summed E-state index contributed by atoms with van der Waals surface area (Å²) in [5.41, 5.74) is 1.79. The number of rotatable bonds is 7. The van der Waals surface area contributed by atoms with Gasteiger partial charge in [0.15, 0.2) is 0 Å². The van der Waals surface area contributed by atoms with Crippen LogP contribution < -0.4 is 5.32 Å². The highest BCUT2D eigenvalue weighted by Crippen LogP contribution is 2.20. The predicted octanol–water partition coefficient (Wildman–Crippen LogP) is 1.19. The highest BCUT2D eigenvalue weighted by molar-refractivity contribution is 5.00. The minimum Gasteiger partial charge on any atom is -0.389 e. The van der Waals surface area contributed by atoms with Gasteiger partial charge in [0.2, 0.25) is 0 Å². The van der Waals surface area contributed by atoms with Crippen molar-refractivity contribution in [2.75, 3.05) is 13.2 Å². The molecule has 0 saturated heterocycles. The monoisotopic (exact) mass is 265 g/mol. The number of ether oxygens (including phenoxy) is 1. The fourth-order valence-electron chi connectivity index (χ4n) is 2.24. The van der Waals surface area contributed by atoms with Gasteiger partial charge < -0.3 is 15.2 Å². The fraction of sp³-hybridized carbons (Fsp3) is 0.714. The van der Waals surface area contributed by atoms with Crippen molar-refractivity contribution in [2.45, 2.75) is 51.4 Å². The topological polar surface area (TPSA) is 67.3 Å². The lowest BCUT2D eigenvalue weighted by Crippen LogP contribution is -2.31. The van der Waals surface area contributed by atoms with Gasteiger partial charge in [-0.15, -0.1) is 0 Å². The Morgan fingerprint density at radius 3 is 2.84 bits per heavy atom. The minimum atomic E-state index is -0.459. The second-order valence-electron chi connectivity index (χ2n) is 5.17. The van der Waals surface area contributed by atoms with Crippen LogP contribution in [0.3, 0.4) is 0 Å². The largest absolute Gasteiger partial charge is 0.389 e. The molecule has 5 heteroatoms. The van der Waals surface area contributed by atoms with Crippen molar-refractivity contribution in [1.82, 2.24) is 15.3 Å². The van der Waals surface area contributed by atoms with Gasteiger partial charge in [0, 0.05) is 25.5 Å². The first-order valence-electron chi connectivity index (χ1n) is 7.02. The van der Waals surface area contributed by atoms with Crippen LogP contribution in [0.15, 0.2) is 12.4 Å². The summed E-state index contributed by atoms with van der Waals surface area (Å²) in [5.74, 6) is 0. The predicted molar refractivity (Wildman–Crippen MR) is 72.7 cm³/mol. The van der Waals surface area contributed by atoms with Crippen molar-refractivity contribution >= 4 is 0 Å². The molecule has 0 radical (unpaired) electrons. The summed E-state index contributed by atoms with van der Waals surface area (Å²) >= 11 is 0. The zero-order valence-corrected chi connectivity index (χ0v) is 11.5. The summed E-state index contributed by atoms with van der Waals surface area (Å²) < 4.78 is 5.67. The van der Waals surface area contributed by atoms with E-state index < -0.39 is 6.10 Å². The quantitative estimate of drug-likeness (QED) is 0.775. The fourth-order valence-corrected chi connectivity index (χ4v) is 2.24. The molecule has 5 nitrogen and oxygen atoms in total. The van der Waals surface area contributed by atoms with Crippen LogP contribution in [0.4, 0.5) is 0 Å². The molecule has 1 fully saturated rings. The van der Waals surface area contributed by atoms with Gasteiger partial charge in [0.25, 0.3) is 0 Å². The molecule has 1 aliphatic rings. The lowest BCUT2D eigenvalue weighted by molar-refractivity contribution is -0.00552. The first-order valence-corrected chi connectivity index (χ1v) is 7.02. The number of hydrogen-bond donors (Lipinski definition) is 2. The number of hydrogen-bond acceptors (Lipinski definition) is 5. The summed E-state index contributed by atoms with van der Waals surface area (Å²) in [4.78, 5) is 8.42. The normalized spacial score (nSPS) is 17.8. The van der Waals surface area contributed by atoms with Gasteiger partial charge in [-0.3, -0.25) is 9.97 Å². The second kappa shape index (κ2) is 7.53. The maximum Gasteiger partial charge on any atom is 0.0897 e. The van der Waals surface area contributed by atoms with Gasteiger partial charge in [0.1, 0.15) is 0 Å². The van der Waals surface area contributed by atoms with E-state index in [4.69, 9.17) is 4.74 Å². The van der Waals surface area contributed by atoms with Crippen LogP contribution in [0.5, 0.6) is 0 Å². The van der Waals surface area contributed by atoms with E-state index in [1.165, 1.54) is 12.8 Å². The van der Waals surface area contributed by atoms with Crippen LogP contribution in [-0.4, -0.2) is 40.4 Å². The van der Waals surface area contributed by atoms with Crippen molar-refractivity contribution in [1.29, 1.82) is 0 Å². The number of aryl methyl sites for hydroxylation is 1. The van der Waals surface area contributed by atoms with Crippen LogP contribution in [-0.2, 0) is 11.3 Å².